The van der Waals surface area contributed by atoms with Crippen LogP contribution >= 0.6 is 11.6 Å². The second-order valence-corrected chi connectivity index (χ2v) is 3.35. The molecule has 1 unspecified atom stereocenters. The van der Waals surface area contributed by atoms with Crippen LogP contribution in [0.4, 0.5) is 14.6 Å². The minimum Gasteiger partial charge on any atom is -0.385 e. The third kappa shape index (κ3) is 3.61. The first-order valence-electron chi connectivity index (χ1n) is 4.30. The van der Waals surface area contributed by atoms with Crippen LogP contribution in [0.3, 0.4) is 0 Å². The topological polar surface area (TPSA) is 68.9 Å². The van der Waals surface area contributed by atoms with Crippen LogP contribution < -0.4 is 5.32 Å². The van der Waals surface area contributed by atoms with Crippen LogP contribution in [0.15, 0.2) is 12.1 Å². The fraction of sp³-hybridized carbons (Fsp3) is 0.333. The van der Waals surface area contributed by atoms with Crippen LogP contribution in [0.25, 0.3) is 0 Å². The molecule has 0 aliphatic carbocycles. The number of rotatable bonds is 4. The van der Waals surface area contributed by atoms with Crippen LogP contribution in [0.1, 0.15) is 5.56 Å². The van der Waals surface area contributed by atoms with Gasteiger partial charge in [-0.05, 0) is 12.1 Å². The molecule has 0 bridgehead atoms. The third-order valence-corrected chi connectivity index (χ3v) is 1.90. The van der Waals surface area contributed by atoms with Gasteiger partial charge in [0.2, 0.25) is 0 Å². The lowest BCUT2D eigenvalue weighted by Gasteiger charge is -2.11. The van der Waals surface area contributed by atoms with Crippen LogP contribution in [0.5, 0.6) is 0 Å². The van der Waals surface area contributed by atoms with E-state index in [0.717, 1.165) is 0 Å². The molecule has 0 aliphatic heterocycles. The van der Waals surface area contributed by atoms with E-state index < -0.39 is 12.5 Å². The molecule has 16 heavy (non-hydrogen) atoms. The summed E-state index contributed by atoms with van der Waals surface area (Å²) in [7, 11) is 0. The van der Waals surface area contributed by atoms with E-state index in [9.17, 15) is 8.78 Å². The summed E-state index contributed by atoms with van der Waals surface area (Å²) in [4.78, 5) is 3.76. The lowest BCUT2D eigenvalue weighted by atomic mass is 10.3. The zero-order chi connectivity index (χ0) is 12.1. The summed E-state index contributed by atoms with van der Waals surface area (Å²) in [6.07, 6.45) is -4.62. The fourth-order valence-corrected chi connectivity index (χ4v) is 1.16. The molecule has 86 valence electrons. The van der Waals surface area contributed by atoms with Gasteiger partial charge in [-0.2, -0.15) is 5.26 Å². The maximum Gasteiger partial charge on any atom is 0.265 e. The molecule has 1 rings (SSSR count). The SMILES string of the molecule is N#Cc1cc(Cl)nc(NCC(O)C(F)F)c1. The van der Waals surface area contributed by atoms with E-state index in [-0.39, 0.29) is 23.1 Å². The van der Waals surface area contributed by atoms with Crippen molar-refractivity contribution in [3.63, 3.8) is 0 Å². The van der Waals surface area contributed by atoms with Gasteiger partial charge in [0.1, 0.15) is 17.1 Å². The lowest BCUT2D eigenvalue weighted by Crippen LogP contribution is -2.27. The molecule has 0 saturated carbocycles. The van der Waals surface area contributed by atoms with Gasteiger partial charge in [-0.1, -0.05) is 11.6 Å². The molecule has 0 amide bonds. The van der Waals surface area contributed by atoms with Crippen molar-refractivity contribution in [2.24, 2.45) is 0 Å². The highest BCUT2D eigenvalue weighted by Crippen LogP contribution is 2.14. The van der Waals surface area contributed by atoms with Gasteiger partial charge in [0, 0.05) is 6.54 Å². The third-order valence-electron chi connectivity index (χ3n) is 1.71. The normalized spacial score (nSPS) is 12.2. The Kier molecular flexibility index (Phi) is 4.40. The number of halogens is 3. The Balaban J connectivity index is 2.68. The van der Waals surface area contributed by atoms with E-state index in [1.54, 1.807) is 0 Å². The van der Waals surface area contributed by atoms with E-state index in [1.165, 1.54) is 12.1 Å². The van der Waals surface area contributed by atoms with E-state index in [2.05, 4.69) is 10.3 Å². The van der Waals surface area contributed by atoms with Gasteiger partial charge in [0.15, 0.2) is 0 Å². The van der Waals surface area contributed by atoms with Crippen molar-refractivity contribution >= 4 is 17.4 Å². The van der Waals surface area contributed by atoms with Gasteiger partial charge in [-0.15, -0.1) is 0 Å². The summed E-state index contributed by atoms with van der Waals surface area (Å²) >= 11 is 5.59. The minimum atomic E-state index is -2.83. The molecule has 1 atom stereocenters. The second kappa shape index (κ2) is 5.58. The highest BCUT2D eigenvalue weighted by molar-refractivity contribution is 6.29. The summed E-state index contributed by atoms with van der Waals surface area (Å²) in [5, 5.41) is 20.0. The molecule has 0 radical (unpaired) electrons. The molecule has 0 aliphatic rings. The Morgan fingerprint density at radius 3 is 2.81 bits per heavy atom. The molecule has 1 heterocycles. The molecule has 0 spiro atoms. The molecule has 0 fully saturated rings. The average Bonchev–Trinajstić information content (AvgIpc) is 2.24. The van der Waals surface area contributed by atoms with Crippen molar-refractivity contribution in [2.75, 3.05) is 11.9 Å². The molecule has 4 nitrogen and oxygen atoms in total. The van der Waals surface area contributed by atoms with Crippen molar-refractivity contribution in [1.82, 2.24) is 4.98 Å². The first-order valence-corrected chi connectivity index (χ1v) is 4.68. The number of anilines is 1. The van der Waals surface area contributed by atoms with Crippen molar-refractivity contribution < 1.29 is 13.9 Å². The number of alkyl halides is 2. The van der Waals surface area contributed by atoms with E-state index in [1.807, 2.05) is 6.07 Å². The summed E-state index contributed by atoms with van der Waals surface area (Å²) in [6, 6.07) is 4.54. The monoisotopic (exact) mass is 247 g/mol. The van der Waals surface area contributed by atoms with E-state index in [4.69, 9.17) is 22.0 Å². The van der Waals surface area contributed by atoms with E-state index >= 15 is 0 Å². The predicted molar refractivity (Wildman–Crippen MR) is 54.5 cm³/mol. The summed E-state index contributed by atoms with van der Waals surface area (Å²) < 4.78 is 23.9. The first-order chi connectivity index (χ1) is 7.52. The number of nitriles is 1. The first kappa shape index (κ1) is 12.6. The molecule has 1 aromatic rings. The fourth-order valence-electron chi connectivity index (χ4n) is 0.950. The Hall–Kier alpha value is -1.45. The molecular formula is C9H8ClF2N3O. The molecule has 1 aromatic heterocycles. The number of hydrogen-bond donors (Lipinski definition) is 2. The van der Waals surface area contributed by atoms with Crippen LogP contribution in [-0.2, 0) is 0 Å². The van der Waals surface area contributed by atoms with Gasteiger partial charge in [0.05, 0.1) is 11.6 Å². The largest absolute Gasteiger partial charge is 0.385 e. The van der Waals surface area contributed by atoms with Crippen molar-refractivity contribution in [3.05, 3.63) is 22.8 Å². The zero-order valence-electron chi connectivity index (χ0n) is 7.99. The minimum absolute atomic E-state index is 0.0769. The van der Waals surface area contributed by atoms with Crippen molar-refractivity contribution in [1.29, 1.82) is 5.26 Å². The molecule has 7 heteroatoms. The number of pyridine rings is 1. The average molecular weight is 248 g/mol. The van der Waals surface area contributed by atoms with Crippen LogP contribution in [0, 0.1) is 11.3 Å². The van der Waals surface area contributed by atoms with E-state index in [0.29, 0.717) is 0 Å². The maximum absolute atomic E-state index is 12.0. The second-order valence-electron chi connectivity index (χ2n) is 2.96. The van der Waals surface area contributed by atoms with Crippen LogP contribution in [0.2, 0.25) is 5.15 Å². The van der Waals surface area contributed by atoms with Gasteiger partial charge < -0.3 is 10.4 Å². The molecule has 2 N–H and O–H groups in total. The van der Waals surface area contributed by atoms with Gasteiger partial charge in [-0.3, -0.25) is 0 Å². The number of nitrogens with one attached hydrogen (secondary N) is 1. The summed E-state index contributed by atoms with van der Waals surface area (Å²) in [5.74, 6) is 0.170. The van der Waals surface area contributed by atoms with Crippen molar-refractivity contribution in [2.45, 2.75) is 12.5 Å². The molecule has 0 aromatic carbocycles. The Morgan fingerprint density at radius 2 is 2.25 bits per heavy atom. The highest BCUT2D eigenvalue weighted by atomic mass is 35.5. The number of nitrogens with zero attached hydrogens (tertiary/aromatic N) is 2. The zero-order valence-corrected chi connectivity index (χ0v) is 8.75. The number of hydrogen-bond acceptors (Lipinski definition) is 4. The van der Waals surface area contributed by atoms with Crippen LogP contribution in [-0.4, -0.2) is 29.2 Å². The highest BCUT2D eigenvalue weighted by Gasteiger charge is 2.16. The van der Waals surface area contributed by atoms with Gasteiger partial charge in [0.25, 0.3) is 6.43 Å². The number of aliphatic hydroxyl groups is 1. The Morgan fingerprint density at radius 1 is 1.56 bits per heavy atom. The van der Waals surface area contributed by atoms with Crippen molar-refractivity contribution in [3.8, 4) is 6.07 Å². The lowest BCUT2D eigenvalue weighted by molar-refractivity contribution is 0.00381. The quantitative estimate of drug-likeness (QED) is 0.794. The Labute approximate surface area is 95.5 Å². The maximum atomic E-state index is 12.0. The van der Waals surface area contributed by atoms with Gasteiger partial charge >= 0.3 is 0 Å². The predicted octanol–water partition coefficient (Wildman–Crippen LogP) is 1.64. The summed E-state index contributed by atoms with van der Waals surface area (Å²) in [6.45, 7) is -0.365. The number of aliphatic hydroxyl groups excluding tert-OH is 1. The smallest absolute Gasteiger partial charge is 0.265 e. The van der Waals surface area contributed by atoms with Gasteiger partial charge in [-0.25, -0.2) is 13.8 Å². The summed E-state index contributed by atoms with van der Waals surface area (Å²) in [5.41, 5.74) is 0.258. The standard InChI is InChI=1S/C9H8ClF2N3O/c10-7-1-5(3-13)2-8(15-7)14-4-6(16)9(11)12/h1-2,6,9,16H,4H2,(H,14,15). The Bertz CT molecular complexity index is 408. The number of aromatic nitrogens is 1. The molecular weight excluding hydrogens is 240 g/mol. The molecule has 0 saturated heterocycles.